The van der Waals surface area contributed by atoms with Crippen molar-refractivity contribution in [2.24, 2.45) is 5.92 Å². The molecule has 5 nitrogen and oxygen atoms in total. The molecule has 1 aliphatic rings. The molecule has 1 saturated heterocycles. The van der Waals surface area contributed by atoms with Crippen molar-refractivity contribution in [3.05, 3.63) is 35.4 Å². The van der Waals surface area contributed by atoms with Crippen LogP contribution in [0.3, 0.4) is 0 Å². The van der Waals surface area contributed by atoms with Gasteiger partial charge in [0.1, 0.15) is 0 Å². The lowest BCUT2D eigenvalue weighted by Crippen LogP contribution is -2.18. The average Bonchev–Trinajstić information content (AvgIpc) is 3.06. The molecular formula is C18H26O5. The van der Waals surface area contributed by atoms with E-state index >= 15 is 0 Å². The summed E-state index contributed by atoms with van der Waals surface area (Å²) in [6.07, 6.45) is 0.977. The maximum atomic E-state index is 11.8. The van der Waals surface area contributed by atoms with Gasteiger partial charge in [0.15, 0.2) is 6.29 Å². The highest BCUT2D eigenvalue weighted by molar-refractivity contribution is 5.72. The largest absolute Gasteiger partial charge is 0.466 e. The molecule has 1 heterocycles. The zero-order valence-electron chi connectivity index (χ0n) is 13.9. The molecule has 2 rings (SSSR count). The summed E-state index contributed by atoms with van der Waals surface area (Å²) in [5.41, 5.74) is 1.84. The maximum absolute atomic E-state index is 11.8. The summed E-state index contributed by atoms with van der Waals surface area (Å²) in [6.45, 7) is 5.27. The summed E-state index contributed by atoms with van der Waals surface area (Å²) in [4.78, 5) is 11.8. The van der Waals surface area contributed by atoms with E-state index in [1.54, 1.807) is 6.92 Å². The first-order chi connectivity index (χ1) is 11.1. The van der Waals surface area contributed by atoms with Crippen LogP contribution in [-0.4, -0.2) is 37.2 Å². The van der Waals surface area contributed by atoms with E-state index in [4.69, 9.17) is 14.2 Å². The molecule has 0 aromatic heterocycles. The molecule has 0 spiro atoms. The van der Waals surface area contributed by atoms with E-state index in [2.05, 4.69) is 0 Å². The minimum absolute atomic E-state index is 0.204. The Labute approximate surface area is 137 Å². The summed E-state index contributed by atoms with van der Waals surface area (Å²) in [6, 6.07) is 7.69. The highest BCUT2D eigenvalue weighted by atomic mass is 16.7. The van der Waals surface area contributed by atoms with E-state index in [0.29, 0.717) is 39.1 Å². The highest BCUT2D eigenvalue weighted by Crippen LogP contribution is 2.26. The first-order valence-electron chi connectivity index (χ1n) is 8.27. The lowest BCUT2D eigenvalue weighted by molar-refractivity contribution is -0.147. The van der Waals surface area contributed by atoms with Gasteiger partial charge in [-0.1, -0.05) is 31.2 Å². The van der Waals surface area contributed by atoms with Crippen molar-refractivity contribution in [3.63, 3.8) is 0 Å². The topological polar surface area (TPSA) is 65.0 Å². The summed E-state index contributed by atoms with van der Waals surface area (Å²) in [7, 11) is 0. The van der Waals surface area contributed by atoms with Crippen molar-refractivity contribution in [2.45, 2.75) is 45.5 Å². The molecule has 2 atom stereocenters. The van der Waals surface area contributed by atoms with Crippen LogP contribution in [0.5, 0.6) is 0 Å². The lowest BCUT2D eigenvalue weighted by atomic mass is 9.92. The van der Waals surface area contributed by atoms with Crippen molar-refractivity contribution in [1.82, 2.24) is 0 Å². The summed E-state index contributed by atoms with van der Waals surface area (Å²) < 4.78 is 15.9. The summed E-state index contributed by atoms with van der Waals surface area (Å²) >= 11 is 0. The number of carbonyl (C=O) groups excluding carboxylic acids is 1. The molecule has 2 unspecified atom stereocenters. The second-order valence-electron chi connectivity index (χ2n) is 5.82. The SMILES string of the molecule is CCOC(=O)C(C)Cc1ccccc1C(O)CCC1OCCO1. The molecule has 0 radical (unpaired) electrons. The van der Waals surface area contributed by atoms with Crippen LogP contribution < -0.4 is 0 Å². The number of ether oxygens (including phenoxy) is 3. The summed E-state index contributed by atoms with van der Waals surface area (Å²) in [5, 5.41) is 10.5. The molecule has 128 valence electrons. The Hall–Kier alpha value is -1.43. The van der Waals surface area contributed by atoms with Crippen LogP contribution in [0.2, 0.25) is 0 Å². The number of hydrogen-bond acceptors (Lipinski definition) is 5. The Morgan fingerprint density at radius 3 is 2.74 bits per heavy atom. The van der Waals surface area contributed by atoms with Crippen LogP contribution in [0.1, 0.15) is 43.9 Å². The molecule has 0 aliphatic carbocycles. The Morgan fingerprint density at radius 2 is 2.04 bits per heavy atom. The number of aliphatic hydroxyl groups excluding tert-OH is 1. The van der Waals surface area contributed by atoms with Gasteiger partial charge in [-0.2, -0.15) is 0 Å². The van der Waals surface area contributed by atoms with Crippen LogP contribution in [-0.2, 0) is 25.4 Å². The van der Waals surface area contributed by atoms with Crippen molar-refractivity contribution >= 4 is 5.97 Å². The third-order valence-electron chi connectivity index (χ3n) is 4.00. The van der Waals surface area contributed by atoms with Crippen LogP contribution in [0.4, 0.5) is 0 Å². The van der Waals surface area contributed by atoms with Gasteiger partial charge in [-0.05, 0) is 30.9 Å². The predicted octanol–water partition coefficient (Wildman–Crippen LogP) is 2.61. The van der Waals surface area contributed by atoms with Crippen LogP contribution in [0.25, 0.3) is 0 Å². The normalized spacial score (nSPS) is 17.9. The third-order valence-corrected chi connectivity index (χ3v) is 4.00. The Kier molecular flexibility index (Phi) is 7.02. The minimum atomic E-state index is -0.589. The first-order valence-corrected chi connectivity index (χ1v) is 8.27. The number of rotatable bonds is 8. The molecule has 0 amide bonds. The Balaban J connectivity index is 1.96. The summed E-state index contributed by atoms with van der Waals surface area (Å²) in [5.74, 6) is -0.436. The number of esters is 1. The van der Waals surface area contributed by atoms with Crippen molar-refractivity contribution in [3.8, 4) is 0 Å². The molecule has 23 heavy (non-hydrogen) atoms. The molecular weight excluding hydrogens is 296 g/mol. The van der Waals surface area contributed by atoms with E-state index in [9.17, 15) is 9.90 Å². The van der Waals surface area contributed by atoms with Crippen LogP contribution >= 0.6 is 0 Å². The fourth-order valence-corrected chi connectivity index (χ4v) is 2.77. The van der Waals surface area contributed by atoms with Gasteiger partial charge < -0.3 is 19.3 Å². The van der Waals surface area contributed by atoms with Gasteiger partial charge in [-0.25, -0.2) is 0 Å². The zero-order valence-corrected chi connectivity index (χ0v) is 13.9. The zero-order chi connectivity index (χ0) is 16.7. The minimum Gasteiger partial charge on any atom is -0.466 e. The first kappa shape index (κ1) is 17.9. The standard InChI is InChI=1S/C18H26O5/c1-3-21-18(20)13(2)12-14-6-4-5-7-15(14)16(19)8-9-17-22-10-11-23-17/h4-7,13,16-17,19H,3,8-12H2,1-2H3. The number of benzene rings is 1. The average molecular weight is 322 g/mol. The molecule has 1 fully saturated rings. The second-order valence-corrected chi connectivity index (χ2v) is 5.82. The van der Waals surface area contributed by atoms with Crippen molar-refractivity contribution in [1.29, 1.82) is 0 Å². The number of hydrogen-bond donors (Lipinski definition) is 1. The van der Waals surface area contributed by atoms with E-state index in [1.165, 1.54) is 0 Å². The van der Waals surface area contributed by atoms with Gasteiger partial charge in [-0.15, -0.1) is 0 Å². The molecule has 1 aromatic rings. The Morgan fingerprint density at radius 1 is 1.35 bits per heavy atom. The van der Waals surface area contributed by atoms with Crippen LogP contribution in [0.15, 0.2) is 24.3 Å². The fourth-order valence-electron chi connectivity index (χ4n) is 2.77. The molecule has 5 heteroatoms. The van der Waals surface area contributed by atoms with Gasteiger partial charge in [0.2, 0.25) is 0 Å². The predicted molar refractivity (Wildman–Crippen MR) is 85.8 cm³/mol. The fraction of sp³-hybridized carbons (Fsp3) is 0.611. The number of carbonyl (C=O) groups is 1. The maximum Gasteiger partial charge on any atom is 0.308 e. The van der Waals surface area contributed by atoms with Gasteiger partial charge in [0.05, 0.1) is 31.8 Å². The molecule has 0 saturated carbocycles. The highest BCUT2D eigenvalue weighted by Gasteiger charge is 2.21. The molecule has 0 bridgehead atoms. The Bertz CT molecular complexity index is 496. The quantitative estimate of drug-likeness (QED) is 0.745. The van der Waals surface area contributed by atoms with Gasteiger partial charge in [-0.3, -0.25) is 4.79 Å². The van der Waals surface area contributed by atoms with E-state index < -0.39 is 6.10 Å². The molecule has 1 N–H and O–H groups in total. The van der Waals surface area contributed by atoms with Gasteiger partial charge in [0, 0.05) is 6.42 Å². The smallest absolute Gasteiger partial charge is 0.308 e. The van der Waals surface area contributed by atoms with Gasteiger partial charge in [0.25, 0.3) is 0 Å². The molecule has 1 aromatic carbocycles. The van der Waals surface area contributed by atoms with E-state index in [-0.39, 0.29) is 18.2 Å². The second kappa shape index (κ2) is 9.01. The monoisotopic (exact) mass is 322 g/mol. The van der Waals surface area contributed by atoms with Crippen LogP contribution in [0, 0.1) is 5.92 Å². The van der Waals surface area contributed by atoms with Crippen molar-refractivity contribution in [2.75, 3.05) is 19.8 Å². The molecule has 1 aliphatic heterocycles. The lowest BCUT2D eigenvalue weighted by Gasteiger charge is -2.19. The van der Waals surface area contributed by atoms with Crippen molar-refractivity contribution < 1.29 is 24.1 Å². The van der Waals surface area contributed by atoms with Gasteiger partial charge >= 0.3 is 5.97 Å². The number of aliphatic hydroxyl groups is 1. The van der Waals surface area contributed by atoms with E-state index in [1.807, 2.05) is 31.2 Å². The van der Waals surface area contributed by atoms with E-state index in [0.717, 1.165) is 11.1 Å². The third kappa shape index (κ3) is 5.30.